The van der Waals surface area contributed by atoms with Crippen molar-refractivity contribution in [1.82, 2.24) is 10.6 Å². The molecule has 2 heterocycles. The molecular formula is C15H15ClN2O2S. The molecule has 0 spiro atoms. The van der Waals surface area contributed by atoms with Crippen LogP contribution in [-0.4, -0.2) is 11.8 Å². The molecule has 0 saturated carbocycles. The predicted molar refractivity (Wildman–Crippen MR) is 83.6 cm³/mol. The van der Waals surface area contributed by atoms with E-state index in [2.05, 4.69) is 10.6 Å². The summed E-state index contributed by atoms with van der Waals surface area (Å²) < 4.78 is 5.18. The van der Waals surface area contributed by atoms with Gasteiger partial charge in [0.25, 0.3) is 0 Å². The second-order valence-corrected chi connectivity index (χ2v) is 6.35. The Kier molecular flexibility index (Phi) is 4.41. The molecule has 0 fully saturated rings. The third-order valence-electron chi connectivity index (χ3n) is 3.32. The van der Waals surface area contributed by atoms with Crippen molar-refractivity contribution >= 4 is 29.4 Å². The second kappa shape index (κ2) is 6.45. The fourth-order valence-electron chi connectivity index (χ4n) is 2.31. The minimum Gasteiger partial charge on any atom is -0.467 e. The standard InChI is InChI=1S/C15H15ClN2O2S/c16-10-3-4-14-12(8-10)13(5-7-21-14)18-15(19)17-9-11-2-1-6-20-11/h1-4,6,8,13H,5,7,9H2,(H2,17,18,19)/t13-/m0/s1. The fourth-order valence-corrected chi connectivity index (χ4v) is 3.59. The van der Waals surface area contributed by atoms with Gasteiger partial charge >= 0.3 is 6.03 Å². The SMILES string of the molecule is O=C(NCc1ccco1)N[C@H]1CCSc2ccc(Cl)cc21. The van der Waals surface area contributed by atoms with Crippen LogP contribution in [0.1, 0.15) is 23.8 Å². The van der Waals surface area contributed by atoms with Crippen molar-refractivity contribution in [3.05, 3.63) is 52.9 Å². The van der Waals surface area contributed by atoms with Gasteiger partial charge in [0.15, 0.2) is 0 Å². The Labute approximate surface area is 132 Å². The van der Waals surface area contributed by atoms with E-state index in [1.807, 2.05) is 24.3 Å². The summed E-state index contributed by atoms with van der Waals surface area (Å²) in [5, 5.41) is 6.49. The molecule has 0 bridgehead atoms. The Bertz CT molecular complexity index is 631. The first-order valence-corrected chi connectivity index (χ1v) is 8.08. The van der Waals surface area contributed by atoms with E-state index in [0.29, 0.717) is 11.6 Å². The number of furan rings is 1. The first kappa shape index (κ1) is 14.4. The lowest BCUT2D eigenvalue weighted by Gasteiger charge is -2.26. The Morgan fingerprint density at radius 3 is 3.14 bits per heavy atom. The van der Waals surface area contributed by atoms with Crippen molar-refractivity contribution in [2.45, 2.75) is 23.9 Å². The van der Waals surface area contributed by atoms with E-state index in [1.165, 1.54) is 4.90 Å². The van der Waals surface area contributed by atoms with Crippen LogP contribution in [0.3, 0.4) is 0 Å². The average Bonchev–Trinajstić information content (AvgIpc) is 2.99. The number of benzene rings is 1. The zero-order valence-corrected chi connectivity index (χ0v) is 12.8. The van der Waals surface area contributed by atoms with E-state index in [1.54, 1.807) is 24.1 Å². The Morgan fingerprint density at radius 2 is 2.33 bits per heavy atom. The molecule has 0 radical (unpaired) electrons. The highest BCUT2D eigenvalue weighted by molar-refractivity contribution is 7.99. The number of carbonyl (C=O) groups excluding carboxylic acids is 1. The summed E-state index contributed by atoms with van der Waals surface area (Å²) in [6, 6.07) is 9.24. The molecule has 2 amide bonds. The molecule has 1 aromatic heterocycles. The lowest BCUT2D eigenvalue weighted by Crippen LogP contribution is -2.38. The molecular weight excluding hydrogens is 308 g/mol. The number of hydrogen-bond donors (Lipinski definition) is 2. The third-order valence-corrected chi connectivity index (χ3v) is 4.68. The molecule has 6 heteroatoms. The molecule has 0 saturated heterocycles. The van der Waals surface area contributed by atoms with Crippen LogP contribution in [0.4, 0.5) is 4.79 Å². The quantitative estimate of drug-likeness (QED) is 0.899. The molecule has 1 aliphatic rings. The van der Waals surface area contributed by atoms with Crippen LogP contribution in [0.5, 0.6) is 0 Å². The van der Waals surface area contributed by atoms with Gasteiger partial charge in [-0.3, -0.25) is 0 Å². The molecule has 110 valence electrons. The van der Waals surface area contributed by atoms with E-state index in [4.69, 9.17) is 16.0 Å². The minimum atomic E-state index is -0.200. The van der Waals surface area contributed by atoms with Gasteiger partial charge < -0.3 is 15.1 Å². The van der Waals surface area contributed by atoms with Crippen molar-refractivity contribution in [1.29, 1.82) is 0 Å². The van der Waals surface area contributed by atoms with Crippen molar-refractivity contribution in [3.63, 3.8) is 0 Å². The Morgan fingerprint density at radius 1 is 1.43 bits per heavy atom. The predicted octanol–water partition coefficient (Wildman–Crippen LogP) is 3.97. The molecule has 2 aromatic rings. The van der Waals surface area contributed by atoms with Gasteiger partial charge in [-0.2, -0.15) is 0 Å². The Balaban J connectivity index is 1.63. The van der Waals surface area contributed by atoms with Crippen LogP contribution < -0.4 is 10.6 Å². The first-order chi connectivity index (χ1) is 10.2. The minimum absolute atomic E-state index is 0.00319. The zero-order chi connectivity index (χ0) is 14.7. The number of nitrogens with one attached hydrogen (secondary N) is 2. The molecule has 3 rings (SSSR count). The van der Waals surface area contributed by atoms with Gasteiger partial charge in [0, 0.05) is 15.7 Å². The molecule has 21 heavy (non-hydrogen) atoms. The van der Waals surface area contributed by atoms with E-state index in [0.717, 1.165) is 23.5 Å². The number of hydrogen-bond acceptors (Lipinski definition) is 3. The summed E-state index contributed by atoms with van der Waals surface area (Å²) in [5.41, 5.74) is 1.09. The van der Waals surface area contributed by atoms with Crippen LogP contribution in [-0.2, 0) is 6.54 Å². The van der Waals surface area contributed by atoms with Gasteiger partial charge in [-0.1, -0.05) is 11.6 Å². The summed E-state index contributed by atoms with van der Waals surface area (Å²) in [4.78, 5) is 13.2. The zero-order valence-electron chi connectivity index (χ0n) is 11.3. The van der Waals surface area contributed by atoms with Crippen LogP contribution in [0.15, 0.2) is 45.9 Å². The molecule has 2 N–H and O–H groups in total. The molecule has 1 aromatic carbocycles. The number of carbonyl (C=O) groups is 1. The Hall–Kier alpha value is -1.59. The molecule has 0 aliphatic carbocycles. The highest BCUT2D eigenvalue weighted by atomic mass is 35.5. The topological polar surface area (TPSA) is 54.3 Å². The molecule has 1 atom stereocenters. The lowest BCUT2D eigenvalue weighted by atomic mass is 10.0. The number of thioether (sulfide) groups is 1. The van der Waals surface area contributed by atoms with Crippen molar-refractivity contribution in [3.8, 4) is 0 Å². The van der Waals surface area contributed by atoms with E-state index in [-0.39, 0.29) is 12.1 Å². The summed E-state index contributed by atoms with van der Waals surface area (Å²) in [6.45, 7) is 0.378. The van der Waals surface area contributed by atoms with Crippen molar-refractivity contribution < 1.29 is 9.21 Å². The third kappa shape index (κ3) is 3.54. The van der Waals surface area contributed by atoms with Gasteiger partial charge in [-0.05, 0) is 42.3 Å². The maximum absolute atomic E-state index is 12.0. The fraction of sp³-hybridized carbons (Fsp3) is 0.267. The van der Waals surface area contributed by atoms with Gasteiger partial charge in [0.1, 0.15) is 5.76 Å². The maximum atomic E-state index is 12.0. The normalized spacial score (nSPS) is 17.1. The van der Waals surface area contributed by atoms with Crippen molar-refractivity contribution in [2.75, 3.05) is 5.75 Å². The number of amides is 2. The van der Waals surface area contributed by atoms with E-state index in [9.17, 15) is 4.79 Å². The smallest absolute Gasteiger partial charge is 0.315 e. The average molecular weight is 323 g/mol. The van der Waals surface area contributed by atoms with Crippen LogP contribution in [0.2, 0.25) is 5.02 Å². The molecule has 0 unspecified atom stereocenters. The summed E-state index contributed by atoms with van der Waals surface area (Å²) >= 11 is 7.85. The number of urea groups is 1. The highest BCUT2D eigenvalue weighted by Crippen LogP contribution is 2.37. The monoisotopic (exact) mass is 322 g/mol. The second-order valence-electron chi connectivity index (χ2n) is 4.78. The van der Waals surface area contributed by atoms with Crippen LogP contribution >= 0.6 is 23.4 Å². The molecule has 1 aliphatic heterocycles. The summed E-state index contributed by atoms with van der Waals surface area (Å²) in [7, 11) is 0. The lowest BCUT2D eigenvalue weighted by molar-refractivity contribution is 0.235. The van der Waals surface area contributed by atoms with Crippen molar-refractivity contribution in [2.24, 2.45) is 0 Å². The van der Waals surface area contributed by atoms with Gasteiger partial charge in [0.2, 0.25) is 0 Å². The van der Waals surface area contributed by atoms with Crippen LogP contribution in [0, 0.1) is 0 Å². The highest BCUT2D eigenvalue weighted by Gasteiger charge is 2.22. The largest absolute Gasteiger partial charge is 0.467 e. The summed E-state index contributed by atoms with van der Waals surface area (Å²) in [6.07, 6.45) is 2.48. The van der Waals surface area contributed by atoms with E-state index >= 15 is 0 Å². The first-order valence-electron chi connectivity index (χ1n) is 6.71. The van der Waals surface area contributed by atoms with Gasteiger partial charge in [-0.15, -0.1) is 11.8 Å². The van der Waals surface area contributed by atoms with Gasteiger partial charge in [0.05, 0.1) is 18.8 Å². The summed E-state index contributed by atoms with van der Waals surface area (Å²) in [5.74, 6) is 1.71. The van der Waals surface area contributed by atoms with E-state index < -0.39 is 0 Å². The number of rotatable bonds is 3. The molecule has 4 nitrogen and oxygen atoms in total. The number of fused-ring (bicyclic) bond motifs is 1. The maximum Gasteiger partial charge on any atom is 0.315 e. The van der Waals surface area contributed by atoms with Crippen LogP contribution in [0.25, 0.3) is 0 Å². The van der Waals surface area contributed by atoms with Gasteiger partial charge in [-0.25, -0.2) is 4.79 Å². The number of halogens is 1.